The Morgan fingerprint density at radius 1 is 0.696 bits per heavy atom. The van der Waals surface area contributed by atoms with E-state index in [0.29, 0.717) is 0 Å². The van der Waals surface area contributed by atoms with Crippen molar-refractivity contribution in [1.29, 1.82) is 0 Å². The third-order valence-corrected chi connectivity index (χ3v) is 5.32. The fraction of sp³-hybridized carbons (Fsp3) is 1.00. The Labute approximate surface area is 143 Å². The first-order valence-electron chi connectivity index (χ1n) is 8.87. The highest BCUT2D eigenvalue weighted by molar-refractivity contribution is 7.79. The van der Waals surface area contributed by atoms with Crippen molar-refractivity contribution < 1.29 is 26.5 Å². The average Bonchev–Trinajstić information content (AvgIpc) is 2.48. The molecule has 140 valence electrons. The lowest BCUT2D eigenvalue weighted by Gasteiger charge is -2.36. The summed E-state index contributed by atoms with van der Waals surface area (Å²) < 4.78 is 36.7. The van der Waals surface area contributed by atoms with Gasteiger partial charge in [0.15, 0.2) is 0 Å². The number of hydrogen-bond donors (Lipinski definition) is 0. The van der Waals surface area contributed by atoms with E-state index in [0.717, 1.165) is 0 Å². The first-order chi connectivity index (χ1) is 10.5. The Bertz CT molecular complexity index is 368. The first-order valence-corrected chi connectivity index (χ1v) is 10.2. The van der Waals surface area contributed by atoms with Crippen molar-refractivity contribution in [3.05, 3.63) is 0 Å². The summed E-state index contributed by atoms with van der Waals surface area (Å²) in [6.45, 7) is 12.9. The number of nitrogens with zero attached hydrogens (tertiary/aromatic N) is 2. The SMILES string of the molecule is CC[N+]1(C)CCCCC1.CC[N+]1(C)CCCCC1.O=S(=O)([O-])[O-]. The third kappa shape index (κ3) is 12.8. The van der Waals surface area contributed by atoms with Crippen molar-refractivity contribution in [2.45, 2.75) is 52.4 Å². The van der Waals surface area contributed by atoms with Gasteiger partial charge in [0.2, 0.25) is 0 Å². The van der Waals surface area contributed by atoms with Gasteiger partial charge in [-0.2, -0.15) is 0 Å². The predicted molar refractivity (Wildman–Crippen MR) is 91.1 cm³/mol. The normalized spacial score (nSPS) is 22.9. The lowest BCUT2D eigenvalue weighted by molar-refractivity contribution is -0.912. The van der Waals surface area contributed by atoms with Crippen LogP contribution < -0.4 is 0 Å². The van der Waals surface area contributed by atoms with Crippen molar-refractivity contribution in [2.24, 2.45) is 0 Å². The molecule has 6 nitrogen and oxygen atoms in total. The lowest BCUT2D eigenvalue weighted by atomic mass is 10.1. The van der Waals surface area contributed by atoms with Gasteiger partial charge >= 0.3 is 0 Å². The van der Waals surface area contributed by atoms with Gasteiger partial charge in [-0.1, -0.05) is 0 Å². The number of hydrogen-bond acceptors (Lipinski definition) is 4. The van der Waals surface area contributed by atoms with Crippen molar-refractivity contribution in [3.8, 4) is 0 Å². The van der Waals surface area contributed by atoms with Crippen LogP contribution in [0.25, 0.3) is 0 Å². The number of likely N-dealkylation sites (tertiary alicyclic amines) is 2. The van der Waals surface area contributed by atoms with E-state index in [-0.39, 0.29) is 0 Å². The molecule has 2 fully saturated rings. The van der Waals surface area contributed by atoms with Gasteiger partial charge in [-0.3, -0.25) is 8.42 Å². The zero-order valence-corrected chi connectivity index (χ0v) is 16.2. The van der Waals surface area contributed by atoms with Gasteiger partial charge < -0.3 is 18.1 Å². The van der Waals surface area contributed by atoms with Crippen LogP contribution in [-0.4, -0.2) is 79.9 Å². The molecule has 7 heteroatoms. The van der Waals surface area contributed by atoms with E-state index in [1.165, 1.54) is 86.8 Å². The minimum absolute atomic E-state index is 1.32. The number of quaternary nitrogens is 2. The van der Waals surface area contributed by atoms with Gasteiger partial charge in [-0.15, -0.1) is 0 Å². The lowest BCUT2D eigenvalue weighted by Crippen LogP contribution is -2.47. The van der Waals surface area contributed by atoms with E-state index in [9.17, 15) is 0 Å². The van der Waals surface area contributed by atoms with Crippen molar-refractivity contribution in [2.75, 3.05) is 53.4 Å². The molecular weight excluding hydrogens is 316 g/mol. The topological polar surface area (TPSA) is 80.3 Å². The summed E-state index contributed by atoms with van der Waals surface area (Å²) >= 11 is 0. The maximum Gasteiger partial charge on any atom is 0.0784 e. The van der Waals surface area contributed by atoms with Crippen LogP contribution in [0, 0.1) is 0 Å². The average molecular weight is 353 g/mol. The minimum atomic E-state index is -5.17. The molecular formula is C16H36N2O4S. The molecule has 2 rings (SSSR count). The van der Waals surface area contributed by atoms with E-state index in [4.69, 9.17) is 17.5 Å². The van der Waals surface area contributed by atoms with Gasteiger partial charge in [0.05, 0.1) is 53.4 Å². The molecule has 0 aliphatic carbocycles. The van der Waals surface area contributed by atoms with Crippen LogP contribution in [0.4, 0.5) is 0 Å². The molecule has 0 amide bonds. The molecule has 0 bridgehead atoms. The highest BCUT2D eigenvalue weighted by atomic mass is 32.3. The Morgan fingerprint density at radius 2 is 0.913 bits per heavy atom. The van der Waals surface area contributed by atoms with Crippen LogP contribution in [0.5, 0.6) is 0 Å². The molecule has 2 aliphatic rings. The maximum absolute atomic E-state index is 8.52. The fourth-order valence-electron chi connectivity index (χ4n) is 3.18. The Kier molecular flexibility index (Phi) is 10.5. The Balaban J connectivity index is 0.000000332. The molecule has 0 unspecified atom stereocenters. The van der Waals surface area contributed by atoms with Gasteiger partial charge in [0, 0.05) is 10.4 Å². The number of piperidine rings is 2. The molecule has 0 saturated carbocycles. The maximum atomic E-state index is 8.52. The van der Waals surface area contributed by atoms with Crippen LogP contribution in [0.1, 0.15) is 52.4 Å². The second-order valence-electron chi connectivity index (χ2n) is 7.30. The van der Waals surface area contributed by atoms with Crippen molar-refractivity contribution in [3.63, 3.8) is 0 Å². The standard InChI is InChI=1S/2C8H18N.H2O4S/c2*1-3-9(2)7-5-4-6-8-9;1-5(2,3)4/h2*3-8H2,1-2H3;(H2,1,2,3,4)/q2*+1;/p-2. The van der Waals surface area contributed by atoms with Crippen molar-refractivity contribution in [1.82, 2.24) is 0 Å². The summed E-state index contributed by atoms with van der Waals surface area (Å²) in [5, 5.41) is 0. The molecule has 0 aromatic carbocycles. The Morgan fingerprint density at radius 3 is 1.04 bits per heavy atom. The molecule has 2 aliphatic heterocycles. The highest BCUT2D eigenvalue weighted by Gasteiger charge is 2.22. The first kappa shape index (κ1) is 22.8. The van der Waals surface area contributed by atoms with E-state index >= 15 is 0 Å². The summed E-state index contributed by atoms with van der Waals surface area (Å²) in [6, 6.07) is 0. The summed E-state index contributed by atoms with van der Waals surface area (Å²) in [5.74, 6) is 0. The summed E-state index contributed by atoms with van der Waals surface area (Å²) in [6.07, 6.45) is 8.73. The number of rotatable bonds is 2. The molecule has 2 heterocycles. The fourth-order valence-corrected chi connectivity index (χ4v) is 3.18. The second-order valence-corrected chi connectivity index (χ2v) is 8.11. The molecule has 0 aromatic rings. The van der Waals surface area contributed by atoms with Crippen LogP contribution in [0.3, 0.4) is 0 Å². The summed E-state index contributed by atoms with van der Waals surface area (Å²) in [5.41, 5.74) is 0. The van der Waals surface area contributed by atoms with Crippen LogP contribution in [0.15, 0.2) is 0 Å². The summed E-state index contributed by atoms with van der Waals surface area (Å²) in [4.78, 5) is 0. The minimum Gasteiger partial charge on any atom is -0.759 e. The molecule has 0 N–H and O–H groups in total. The van der Waals surface area contributed by atoms with Gasteiger partial charge in [-0.05, 0) is 52.4 Å². The zero-order chi connectivity index (χ0) is 18.0. The van der Waals surface area contributed by atoms with Gasteiger partial charge in [-0.25, -0.2) is 0 Å². The molecule has 23 heavy (non-hydrogen) atoms. The zero-order valence-electron chi connectivity index (χ0n) is 15.4. The monoisotopic (exact) mass is 352 g/mol. The highest BCUT2D eigenvalue weighted by Crippen LogP contribution is 2.15. The van der Waals surface area contributed by atoms with Crippen LogP contribution in [0.2, 0.25) is 0 Å². The van der Waals surface area contributed by atoms with Crippen LogP contribution in [-0.2, 0) is 10.4 Å². The summed E-state index contributed by atoms with van der Waals surface area (Å²) in [7, 11) is -0.418. The molecule has 0 radical (unpaired) electrons. The van der Waals surface area contributed by atoms with E-state index in [1.54, 1.807) is 0 Å². The smallest absolute Gasteiger partial charge is 0.0784 e. The molecule has 0 spiro atoms. The van der Waals surface area contributed by atoms with E-state index in [2.05, 4.69) is 27.9 Å². The molecule has 2 saturated heterocycles. The molecule has 0 atom stereocenters. The quantitative estimate of drug-likeness (QED) is 0.432. The Hall–Kier alpha value is -0.210. The molecule has 0 aromatic heterocycles. The van der Waals surface area contributed by atoms with Gasteiger partial charge in [0.1, 0.15) is 0 Å². The predicted octanol–water partition coefficient (Wildman–Crippen LogP) is 1.94. The second kappa shape index (κ2) is 10.6. The van der Waals surface area contributed by atoms with E-state index in [1.807, 2.05) is 0 Å². The van der Waals surface area contributed by atoms with Crippen molar-refractivity contribution >= 4 is 10.4 Å². The van der Waals surface area contributed by atoms with E-state index < -0.39 is 10.4 Å². The van der Waals surface area contributed by atoms with Crippen LogP contribution >= 0.6 is 0 Å². The van der Waals surface area contributed by atoms with Gasteiger partial charge in [0.25, 0.3) is 0 Å². The third-order valence-electron chi connectivity index (χ3n) is 5.32. The largest absolute Gasteiger partial charge is 0.759 e.